The van der Waals surface area contributed by atoms with Crippen molar-refractivity contribution < 1.29 is 28.7 Å². The number of fused-ring (bicyclic) bond motifs is 2. The van der Waals surface area contributed by atoms with Gasteiger partial charge in [-0.05, 0) is 18.2 Å². The van der Waals surface area contributed by atoms with Gasteiger partial charge in [-0.2, -0.15) is 0 Å². The van der Waals surface area contributed by atoms with Crippen LogP contribution >= 0.6 is 0 Å². The van der Waals surface area contributed by atoms with Crippen molar-refractivity contribution in [1.29, 1.82) is 0 Å². The Morgan fingerprint density at radius 1 is 1.11 bits per heavy atom. The number of hydrogen-bond donors (Lipinski definition) is 1. The lowest BCUT2D eigenvalue weighted by atomic mass is 10.1. The number of ether oxygens (including phenoxy) is 4. The molecule has 4 rings (SSSR count). The van der Waals surface area contributed by atoms with E-state index in [9.17, 15) is 14.9 Å². The number of carbonyl (C=O) groups is 1. The van der Waals surface area contributed by atoms with E-state index in [-0.39, 0.29) is 19.1 Å². The first kappa shape index (κ1) is 17.8. The number of carbonyl (C=O) groups excluding carboxylic acids is 1. The number of rotatable bonds is 4. The Labute approximate surface area is 159 Å². The third kappa shape index (κ3) is 3.74. The van der Waals surface area contributed by atoms with Crippen LogP contribution in [0.3, 0.4) is 0 Å². The highest BCUT2D eigenvalue weighted by Gasteiger charge is 2.20. The minimum atomic E-state index is -0.499. The fourth-order valence-corrected chi connectivity index (χ4v) is 2.93. The smallest absolute Gasteiger partial charge is 0.270 e. The molecule has 0 unspecified atom stereocenters. The number of nitrogens with one attached hydrogen (secondary N) is 1. The minimum absolute atomic E-state index is 0.0506. The van der Waals surface area contributed by atoms with Gasteiger partial charge in [-0.3, -0.25) is 14.9 Å². The zero-order chi connectivity index (χ0) is 19.5. The molecular formula is C19H16N2O7. The summed E-state index contributed by atoms with van der Waals surface area (Å²) in [5.41, 5.74) is 1.45. The first-order valence-electron chi connectivity index (χ1n) is 8.51. The van der Waals surface area contributed by atoms with Gasteiger partial charge < -0.3 is 24.3 Å². The zero-order valence-electron chi connectivity index (χ0n) is 14.7. The number of anilines is 1. The van der Waals surface area contributed by atoms with Gasteiger partial charge in [0.2, 0.25) is 5.91 Å². The molecule has 0 saturated carbocycles. The van der Waals surface area contributed by atoms with Crippen molar-refractivity contribution in [2.75, 3.05) is 25.3 Å². The highest BCUT2D eigenvalue weighted by molar-refractivity contribution is 6.02. The summed E-state index contributed by atoms with van der Waals surface area (Å²) >= 11 is 0. The van der Waals surface area contributed by atoms with Crippen molar-refractivity contribution in [2.24, 2.45) is 0 Å². The molecule has 0 aromatic heterocycles. The van der Waals surface area contributed by atoms with Crippen LogP contribution in [0.5, 0.6) is 17.2 Å². The quantitative estimate of drug-likeness (QED) is 0.490. The van der Waals surface area contributed by atoms with Crippen molar-refractivity contribution >= 4 is 23.4 Å². The monoisotopic (exact) mass is 384 g/mol. The number of amides is 1. The fraction of sp³-hybridized carbons (Fsp3) is 0.211. The maximum atomic E-state index is 12.3. The van der Waals surface area contributed by atoms with E-state index in [4.69, 9.17) is 18.9 Å². The lowest BCUT2D eigenvalue weighted by Gasteiger charge is -2.19. The van der Waals surface area contributed by atoms with E-state index < -0.39 is 10.8 Å². The molecule has 2 aliphatic rings. The summed E-state index contributed by atoms with van der Waals surface area (Å²) < 4.78 is 21.5. The minimum Gasteiger partial charge on any atom is -0.486 e. The van der Waals surface area contributed by atoms with Crippen molar-refractivity contribution in [1.82, 2.24) is 0 Å². The van der Waals surface area contributed by atoms with Crippen LogP contribution in [0.25, 0.3) is 6.08 Å². The number of hydrogen-bond acceptors (Lipinski definition) is 7. The Hall–Kier alpha value is -3.59. The molecular weight excluding hydrogens is 368 g/mol. The lowest BCUT2D eigenvalue weighted by Crippen LogP contribution is -2.16. The maximum absolute atomic E-state index is 12.3. The standard InChI is InChI=1S/C19H16N2O7/c22-18(20-14-2-3-16-17(9-14)27-6-5-26-16)4-1-12-7-15(21(23)24)8-13-10-25-11-28-19(12)13/h1-4,7-9H,5-6,10-11H2,(H,20,22)/b4-1+. The van der Waals surface area contributed by atoms with Crippen LogP contribution in [0.4, 0.5) is 11.4 Å². The number of nitrogens with zero attached hydrogens (tertiary/aromatic N) is 1. The molecule has 2 aromatic carbocycles. The van der Waals surface area contributed by atoms with Gasteiger partial charge in [-0.1, -0.05) is 0 Å². The van der Waals surface area contributed by atoms with Crippen LogP contribution in [0.15, 0.2) is 36.4 Å². The summed E-state index contributed by atoms with van der Waals surface area (Å²) in [7, 11) is 0. The molecule has 0 fully saturated rings. The Morgan fingerprint density at radius 3 is 2.75 bits per heavy atom. The molecule has 2 heterocycles. The summed E-state index contributed by atoms with van der Waals surface area (Å²) in [5.74, 6) is 1.26. The van der Waals surface area contributed by atoms with E-state index >= 15 is 0 Å². The molecule has 1 amide bonds. The molecule has 9 heteroatoms. The number of nitro groups is 1. The van der Waals surface area contributed by atoms with Crippen LogP contribution in [0.1, 0.15) is 11.1 Å². The molecule has 2 aliphatic heterocycles. The van der Waals surface area contributed by atoms with Gasteiger partial charge in [0.25, 0.3) is 5.69 Å². The second kappa shape index (κ2) is 7.57. The Morgan fingerprint density at radius 2 is 1.93 bits per heavy atom. The molecule has 0 saturated heterocycles. The van der Waals surface area contributed by atoms with Gasteiger partial charge in [0, 0.05) is 41.1 Å². The molecule has 0 radical (unpaired) electrons. The Balaban J connectivity index is 1.53. The average molecular weight is 384 g/mol. The van der Waals surface area contributed by atoms with E-state index in [1.807, 2.05) is 0 Å². The molecule has 144 valence electrons. The lowest BCUT2D eigenvalue weighted by molar-refractivity contribution is -0.385. The van der Waals surface area contributed by atoms with Crippen LogP contribution in [-0.2, 0) is 16.1 Å². The molecule has 0 atom stereocenters. The summed E-state index contributed by atoms with van der Waals surface area (Å²) in [4.78, 5) is 22.9. The maximum Gasteiger partial charge on any atom is 0.270 e. The average Bonchev–Trinajstić information content (AvgIpc) is 2.71. The summed E-state index contributed by atoms with van der Waals surface area (Å²) in [5, 5.41) is 13.9. The Kier molecular flexibility index (Phi) is 4.81. The van der Waals surface area contributed by atoms with Gasteiger partial charge in [-0.25, -0.2) is 0 Å². The summed E-state index contributed by atoms with van der Waals surface area (Å²) in [6, 6.07) is 7.86. The first-order valence-corrected chi connectivity index (χ1v) is 8.51. The van der Waals surface area contributed by atoms with Crippen molar-refractivity contribution in [3.63, 3.8) is 0 Å². The molecule has 2 aromatic rings. The molecule has 0 spiro atoms. The Bertz CT molecular complexity index is 971. The number of nitro benzene ring substituents is 1. The third-order valence-electron chi connectivity index (χ3n) is 4.16. The van der Waals surface area contributed by atoms with E-state index in [0.29, 0.717) is 47.3 Å². The van der Waals surface area contributed by atoms with E-state index in [0.717, 1.165) is 0 Å². The van der Waals surface area contributed by atoms with Crippen molar-refractivity contribution in [3.8, 4) is 17.2 Å². The van der Waals surface area contributed by atoms with Gasteiger partial charge >= 0.3 is 0 Å². The predicted octanol–water partition coefficient (Wildman–Crippen LogP) is 2.88. The number of non-ortho nitro benzene ring substituents is 1. The predicted molar refractivity (Wildman–Crippen MR) is 98.5 cm³/mol. The van der Waals surface area contributed by atoms with Gasteiger partial charge in [0.1, 0.15) is 19.0 Å². The molecule has 9 nitrogen and oxygen atoms in total. The zero-order valence-corrected chi connectivity index (χ0v) is 14.7. The van der Waals surface area contributed by atoms with Gasteiger partial charge in [0.05, 0.1) is 11.5 Å². The van der Waals surface area contributed by atoms with E-state index in [1.54, 1.807) is 18.2 Å². The van der Waals surface area contributed by atoms with Gasteiger partial charge in [0.15, 0.2) is 18.3 Å². The molecule has 0 aliphatic carbocycles. The van der Waals surface area contributed by atoms with E-state index in [2.05, 4.69) is 5.32 Å². The van der Waals surface area contributed by atoms with Crippen molar-refractivity contribution in [2.45, 2.75) is 6.61 Å². The second-order valence-corrected chi connectivity index (χ2v) is 6.07. The van der Waals surface area contributed by atoms with Crippen LogP contribution in [-0.4, -0.2) is 30.8 Å². The topological polar surface area (TPSA) is 109 Å². The van der Waals surface area contributed by atoms with Gasteiger partial charge in [-0.15, -0.1) is 0 Å². The molecule has 0 bridgehead atoms. The first-order chi connectivity index (χ1) is 13.6. The molecule has 1 N–H and O–H groups in total. The third-order valence-corrected chi connectivity index (χ3v) is 4.16. The summed E-state index contributed by atoms with van der Waals surface area (Å²) in [6.45, 7) is 1.20. The van der Waals surface area contributed by atoms with Crippen LogP contribution in [0, 0.1) is 10.1 Å². The summed E-state index contributed by atoms with van der Waals surface area (Å²) in [6.07, 6.45) is 2.76. The van der Waals surface area contributed by atoms with Crippen molar-refractivity contribution in [3.05, 3.63) is 57.6 Å². The molecule has 28 heavy (non-hydrogen) atoms. The highest BCUT2D eigenvalue weighted by atomic mass is 16.7. The largest absolute Gasteiger partial charge is 0.486 e. The fourth-order valence-electron chi connectivity index (χ4n) is 2.93. The SMILES string of the molecule is O=C(/C=C/c1cc([N+](=O)[O-])cc2c1OCOC2)Nc1ccc2c(c1)OCCO2. The van der Waals surface area contributed by atoms with Crippen LogP contribution in [0.2, 0.25) is 0 Å². The van der Waals surface area contributed by atoms with E-state index in [1.165, 1.54) is 24.3 Å². The number of benzene rings is 2. The highest BCUT2D eigenvalue weighted by Crippen LogP contribution is 2.34. The second-order valence-electron chi connectivity index (χ2n) is 6.07. The van der Waals surface area contributed by atoms with Crippen LogP contribution < -0.4 is 19.5 Å². The normalized spacial score (nSPS) is 14.9.